The molecule has 0 aliphatic rings. The van der Waals surface area contributed by atoms with Crippen molar-refractivity contribution in [3.63, 3.8) is 0 Å². The molecular formula is C72H48N4. The molecule has 4 heteroatoms. The highest BCUT2D eigenvalue weighted by Crippen LogP contribution is 2.43. The van der Waals surface area contributed by atoms with Crippen molar-refractivity contribution >= 4 is 82.5 Å². The van der Waals surface area contributed by atoms with E-state index < -0.39 is 0 Å². The summed E-state index contributed by atoms with van der Waals surface area (Å²) in [4.78, 5) is 2.38. The zero-order chi connectivity index (χ0) is 50.1. The van der Waals surface area contributed by atoms with Crippen molar-refractivity contribution < 1.29 is 0 Å². The minimum atomic E-state index is 1.08. The van der Waals surface area contributed by atoms with E-state index >= 15 is 0 Å². The summed E-state index contributed by atoms with van der Waals surface area (Å²) in [6.07, 6.45) is 0. The van der Waals surface area contributed by atoms with Gasteiger partial charge in [-0.05, 0) is 167 Å². The van der Waals surface area contributed by atoms with Crippen LogP contribution < -0.4 is 4.90 Å². The predicted octanol–water partition coefficient (Wildman–Crippen LogP) is 19.4. The van der Waals surface area contributed by atoms with Crippen LogP contribution in [0.4, 0.5) is 17.1 Å². The van der Waals surface area contributed by atoms with Gasteiger partial charge in [0.1, 0.15) is 0 Å². The fourth-order valence-corrected chi connectivity index (χ4v) is 11.9. The van der Waals surface area contributed by atoms with Gasteiger partial charge < -0.3 is 18.6 Å². The summed E-state index contributed by atoms with van der Waals surface area (Å²) in [6.45, 7) is 0. The summed E-state index contributed by atoms with van der Waals surface area (Å²) in [5.74, 6) is 0. The Morgan fingerprint density at radius 2 is 0.513 bits per heavy atom. The van der Waals surface area contributed by atoms with Gasteiger partial charge in [-0.2, -0.15) is 0 Å². The Hall–Kier alpha value is -10.2. The fourth-order valence-electron chi connectivity index (χ4n) is 11.9. The summed E-state index contributed by atoms with van der Waals surface area (Å²) < 4.78 is 7.17. The lowest BCUT2D eigenvalue weighted by Gasteiger charge is -2.26. The van der Waals surface area contributed by atoms with E-state index in [1.54, 1.807) is 0 Å². The Balaban J connectivity index is 0.894. The first-order chi connectivity index (χ1) is 37.7. The lowest BCUT2D eigenvalue weighted by atomic mass is 9.92. The minimum absolute atomic E-state index is 1.08. The van der Waals surface area contributed by atoms with Crippen LogP contribution in [0.15, 0.2) is 291 Å². The number of anilines is 3. The van der Waals surface area contributed by atoms with Crippen molar-refractivity contribution in [2.75, 3.05) is 4.90 Å². The second-order valence-electron chi connectivity index (χ2n) is 19.7. The number of hydrogen-bond acceptors (Lipinski definition) is 1. The van der Waals surface area contributed by atoms with E-state index in [0.29, 0.717) is 0 Å². The highest BCUT2D eigenvalue weighted by Gasteiger charge is 2.20. The van der Waals surface area contributed by atoms with Crippen molar-refractivity contribution in [1.82, 2.24) is 13.7 Å². The van der Waals surface area contributed by atoms with Crippen molar-refractivity contribution in [2.24, 2.45) is 0 Å². The first-order valence-corrected chi connectivity index (χ1v) is 26.1. The van der Waals surface area contributed by atoms with Crippen LogP contribution in [0.2, 0.25) is 0 Å². The zero-order valence-corrected chi connectivity index (χ0v) is 41.5. The molecule has 3 heterocycles. The van der Waals surface area contributed by atoms with Crippen LogP contribution in [0.1, 0.15) is 0 Å². The maximum absolute atomic E-state index is 2.39. The number of aromatic nitrogens is 3. The number of para-hydroxylation sites is 7. The summed E-state index contributed by atoms with van der Waals surface area (Å²) >= 11 is 0. The van der Waals surface area contributed by atoms with E-state index in [-0.39, 0.29) is 0 Å². The van der Waals surface area contributed by atoms with E-state index in [4.69, 9.17) is 0 Å². The van der Waals surface area contributed by atoms with Gasteiger partial charge in [-0.15, -0.1) is 0 Å². The van der Waals surface area contributed by atoms with Crippen molar-refractivity contribution in [2.45, 2.75) is 0 Å². The summed E-state index contributed by atoms with van der Waals surface area (Å²) in [6, 6.07) is 106. The Labute approximate surface area is 440 Å². The molecule has 12 aromatic carbocycles. The highest BCUT2D eigenvalue weighted by atomic mass is 15.1. The SMILES string of the molecule is c1ccc(N(c2ccc(-c3cc(-c4ccc5c(c4)c4ccccc4n5-c4ccccc4)cc(-c4ccc5c(c4)c4ccccc4n5-c4ccccc4)c3)cc2)c2ccc3c4ccccc4n(-c4ccccc4)c3c2)cc1. The molecule has 0 saturated carbocycles. The normalized spacial score (nSPS) is 11.7. The molecule has 0 fully saturated rings. The van der Waals surface area contributed by atoms with Gasteiger partial charge in [0, 0.05) is 66.4 Å². The number of nitrogens with zero attached hydrogens (tertiary/aromatic N) is 4. The van der Waals surface area contributed by atoms with E-state index in [1.165, 1.54) is 71.0 Å². The van der Waals surface area contributed by atoms with Gasteiger partial charge in [0.25, 0.3) is 0 Å². The zero-order valence-electron chi connectivity index (χ0n) is 41.5. The largest absolute Gasteiger partial charge is 0.310 e. The second kappa shape index (κ2) is 17.8. The van der Waals surface area contributed by atoms with Crippen LogP contribution in [0, 0.1) is 0 Å². The summed E-state index contributed by atoms with van der Waals surface area (Å²) in [5.41, 5.74) is 20.8. The molecule has 15 aromatic rings. The minimum Gasteiger partial charge on any atom is -0.310 e. The first-order valence-electron chi connectivity index (χ1n) is 26.1. The Bertz CT molecular complexity index is 4490. The van der Waals surface area contributed by atoms with Crippen LogP contribution in [-0.4, -0.2) is 13.7 Å². The van der Waals surface area contributed by atoms with Gasteiger partial charge in [-0.1, -0.05) is 158 Å². The topological polar surface area (TPSA) is 18.0 Å². The van der Waals surface area contributed by atoms with E-state index in [1.807, 2.05) is 0 Å². The van der Waals surface area contributed by atoms with Crippen molar-refractivity contribution in [3.8, 4) is 50.4 Å². The Kier molecular flexibility index (Phi) is 10.2. The molecule has 0 atom stereocenters. The van der Waals surface area contributed by atoms with E-state index in [0.717, 1.165) is 61.9 Å². The molecule has 356 valence electrons. The maximum Gasteiger partial charge on any atom is 0.0561 e. The van der Waals surface area contributed by atoms with Crippen molar-refractivity contribution in [1.29, 1.82) is 0 Å². The number of rotatable bonds is 9. The third kappa shape index (κ3) is 7.14. The molecule has 0 bridgehead atoms. The quantitative estimate of drug-likeness (QED) is 0.141. The average molecular weight is 969 g/mol. The lowest BCUT2D eigenvalue weighted by Crippen LogP contribution is -2.10. The van der Waals surface area contributed by atoms with E-state index in [2.05, 4.69) is 310 Å². The number of fused-ring (bicyclic) bond motifs is 9. The average Bonchev–Trinajstić information content (AvgIpc) is 4.14. The molecule has 0 aliphatic heterocycles. The van der Waals surface area contributed by atoms with Crippen LogP contribution >= 0.6 is 0 Å². The van der Waals surface area contributed by atoms with Gasteiger partial charge in [0.2, 0.25) is 0 Å². The number of benzene rings is 12. The van der Waals surface area contributed by atoms with Crippen LogP contribution in [0.5, 0.6) is 0 Å². The highest BCUT2D eigenvalue weighted by molar-refractivity contribution is 6.13. The molecule has 15 rings (SSSR count). The van der Waals surface area contributed by atoms with Gasteiger partial charge in [-0.3, -0.25) is 0 Å². The molecule has 4 nitrogen and oxygen atoms in total. The molecule has 0 spiro atoms. The molecule has 76 heavy (non-hydrogen) atoms. The monoisotopic (exact) mass is 968 g/mol. The molecule has 0 saturated heterocycles. The Morgan fingerprint density at radius 1 is 0.184 bits per heavy atom. The predicted molar refractivity (Wildman–Crippen MR) is 320 cm³/mol. The molecule has 0 radical (unpaired) electrons. The fraction of sp³-hybridized carbons (Fsp3) is 0. The molecule has 0 unspecified atom stereocenters. The smallest absolute Gasteiger partial charge is 0.0561 e. The third-order valence-electron chi connectivity index (χ3n) is 15.4. The summed E-state index contributed by atoms with van der Waals surface area (Å²) in [7, 11) is 0. The molecular weight excluding hydrogens is 921 g/mol. The summed E-state index contributed by atoms with van der Waals surface area (Å²) in [5, 5.41) is 7.39. The standard InChI is InChI=1S/C72H48N4/c1-5-19-55(20-6-1)73(60-39-40-64-61-27-13-16-30-67(61)76(72(64)48-60)58-25-11-4-12-26-58)59-37-33-49(34-38-59)52-43-53(50-35-41-70-65(46-50)62-28-14-17-31-68(62)74(70)56-21-7-2-8-22-56)45-54(44-52)51-36-42-71-66(47-51)63-29-15-18-32-69(63)75(71)57-23-9-3-10-24-57/h1-48H. The molecule has 0 amide bonds. The van der Waals surface area contributed by atoms with Gasteiger partial charge in [0.05, 0.1) is 33.1 Å². The maximum atomic E-state index is 2.39. The van der Waals surface area contributed by atoms with E-state index in [9.17, 15) is 0 Å². The molecule has 0 aliphatic carbocycles. The van der Waals surface area contributed by atoms with Crippen molar-refractivity contribution in [3.05, 3.63) is 291 Å². The molecule has 0 N–H and O–H groups in total. The van der Waals surface area contributed by atoms with Gasteiger partial charge in [-0.25, -0.2) is 0 Å². The first kappa shape index (κ1) is 43.4. The van der Waals surface area contributed by atoms with Crippen LogP contribution in [0.3, 0.4) is 0 Å². The van der Waals surface area contributed by atoms with Crippen LogP contribution in [-0.2, 0) is 0 Å². The molecule has 3 aromatic heterocycles. The van der Waals surface area contributed by atoms with Gasteiger partial charge >= 0.3 is 0 Å². The van der Waals surface area contributed by atoms with Crippen LogP contribution in [0.25, 0.3) is 116 Å². The lowest BCUT2D eigenvalue weighted by molar-refractivity contribution is 1.18. The Morgan fingerprint density at radius 3 is 0.987 bits per heavy atom. The second-order valence-corrected chi connectivity index (χ2v) is 19.7. The third-order valence-corrected chi connectivity index (χ3v) is 15.4. The number of hydrogen-bond donors (Lipinski definition) is 0. The van der Waals surface area contributed by atoms with Gasteiger partial charge in [0.15, 0.2) is 0 Å².